The molecule has 0 bridgehead atoms. The van der Waals surface area contributed by atoms with Crippen LogP contribution in [0.1, 0.15) is 22.9 Å². The van der Waals surface area contributed by atoms with Gasteiger partial charge in [0.25, 0.3) is 0 Å². The summed E-state index contributed by atoms with van der Waals surface area (Å²) < 4.78 is 6.53. The lowest BCUT2D eigenvalue weighted by Gasteiger charge is -2.24. The van der Waals surface area contributed by atoms with Crippen LogP contribution in [0.15, 0.2) is 190 Å². The lowest BCUT2D eigenvalue weighted by molar-refractivity contribution is 0.667. The summed E-state index contributed by atoms with van der Waals surface area (Å²) in [7, 11) is 0. The van der Waals surface area contributed by atoms with Crippen LogP contribution in [0, 0.1) is 0 Å². The van der Waals surface area contributed by atoms with E-state index in [0.717, 1.165) is 66.7 Å². The van der Waals surface area contributed by atoms with Crippen LogP contribution in [0.4, 0.5) is 0 Å². The van der Waals surface area contributed by atoms with Gasteiger partial charge in [0.1, 0.15) is 23.2 Å². The van der Waals surface area contributed by atoms with Crippen LogP contribution >= 0.6 is 0 Å². The Morgan fingerprint density at radius 1 is 0.449 bits per heavy atom. The standard InChI is InChI=1S/C45H31N3O/c1-4-14-30(15-5-1)33-20-12-21-34(26-33)35-22-13-23-36(27-35)39-28-37(29-41-42(39)38-24-10-11-25-40(38)49-41)45-47-43(31-16-6-2-7-17-31)46-44(48-45)32-18-8-3-9-19-32/h1-29,43H,(H,46,47,48). The molecule has 4 nitrogen and oxygen atoms in total. The summed E-state index contributed by atoms with van der Waals surface area (Å²) >= 11 is 0. The molecule has 9 rings (SSSR count). The van der Waals surface area contributed by atoms with Crippen LogP contribution in [0.3, 0.4) is 0 Å². The molecule has 1 aliphatic rings. The van der Waals surface area contributed by atoms with Crippen LogP contribution in [0.25, 0.3) is 55.3 Å². The molecular weight excluding hydrogens is 599 g/mol. The van der Waals surface area contributed by atoms with Crippen LogP contribution in [-0.4, -0.2) is 11.7 Å². The number of amidine groups is 2. The van der Waals surface area contributed by atoms with E-state index >= 15 is 0 Å². The number of hydrogen-bond acceptors (Lipinski definition) is 4. The highest BCUT2D eigenvalue weighted by atomic mass is 16.3. The van der Waals surface area contributed by atoms with Gasteiger partial charge in [-0.25, -0.2) is 9.98 Å². The molecule has 1 N–H and O–H groups in total. The molecule has 0 spiro atoms. The SMILES string of the molecule is c1ccc(C2=NC(c3cc(-c4cccc(-c5cccc(-c6ccccc6)c5)c4)c4c(c3)oc3ccccc34)=NC(c3ccccc3)N2)cc1. The fraction of sp³-hybridized carbons (Fsp3) is 0.0222. The summed E-state index contributed by atoms with van der Waals surface area (Å²) in [5.74, 6) is 1.44. The first kappa shape index (κ1) is 28.7. The van der Waals surface area contributed by atoms with Crippen molar-refractivity contribution in [3.05, 3.63) is 193 Å². The Balaban J connectivity index is 1.22. The first-order chi connectivity index (χ1) is 24.3. The second kappa shape index (κ2) is 12.3. The van der Waals surface area contributed by atoms with Gasteiger partial charge in [-0.1, -0.05) is 146 Å². The zero-order chi connectivity index (χ0) is 32.6. The van der Waals surface area contributed by atoms with Crippen LogP contribution in [0.5, 0.6) is 0 Å². The van der Waals surface area contributed by atoms with Gasteiger partial charge in [0, 0.05) is 21.9 Å². The van der Waals surface area contributed by atoms with Crippen molar-refractivity contribution in [3.63, 3.8) is 0 Å². The second-order valence-corrected chi connectivity index (χ2v) is 12.3. The van der Waals surface area contributed by atoms with Gasteiger partial charge >= 0.3 is 0 Å². The number of nitrogens with one attached hydrogen (secondary N) is 1. The van der Waals surface area contributed by atoms with E-state index < -0.39 is 0 Å². The van der Waals surface area contributed by atoms with Crippen molar-refractivity contribution in [2.24, 2.45) is 9.98 Å². The quantitative estimate of drug-likeness (QED) is 0.199. The van der Waals surface area contributed by atoms with Gasteiger partial charge < -0.3 is 9.73 Å². The maximum absolute atomic E-state index is 6.53. The van der Waals surface area contributed by atoms with Crippen LogP contribution in [0.2, 0.25) is 0 Å². The average Bonchev–Trinajstić information content (AvgIpc) is 3.57. The molecule has 1 aromatic heterocycles. The van der Waals surface area contributed by atoms with Crippen molar-refractivity contribution < 1.29 is 4.42 Å². The minimum Gasteiger partial charge on any atom is -0.456 e. The Hall–Kier alpha value is -6.52. The lowest BCUT2D eigenvalue weighted by Crippen LogP contribution is -2.33. The number of rotatable bonds is 6. The summed E-state index contributed by atoms with van der Waals surface area (Å²) in [6.07, 6.45) is -0.293. The van der Waals surface area contributed by atoms with Gasteiger partial charge in [0.05, 0.1) is 0 Å². The maximum Gasteiger partial charge on any atom is 0.159 e. The number of para-hydroxylation sites is 1. The molecular formula is C45H31N3O. The second-order valence-electron chi connectivity index (χ2n) is 12.3. The molecule has 1 aliphatic heterocycles. The number of hydrogen-bond donors (Lipinski definition) is 1. The Kier molecular flexibility index (Phi) is 7.17. The molecule has 0 saturated heterocycles. The van der Waals surface area contributed by atoms with Gasteiger partial charge in [0.2, 0.25) is 0 Å². The largest absolute Gasteiger partial charge is 0.456 e. The summed E-state index contributed by atoms with van der Waals surface area (Å²) in [6.45, 7) is 0. The van der Waals surface area contributed by atoms with Crippen LogP contribution in [-0.2, 0) is 0 Å². The molecule has 232 valence electrons. The molecule has 8 aromatic rings. The molecule has 2 heterocycles. The van der Waals surface area contributed by atoms with Gasteiger partial charge in [-0.2, -0.15) is 0 Å². The predicted octanol–water partition coefficient (Wildman–Crippen LogP) is 11.1. The number of fused-ring (bicyclic) bond motifs is 3. The summed E-state index contributed by atoms with van der Waals surface area (Å²) in [6, 6.07) is 61.1. The zero-order valence-corrected chi connectivity index (χ0v) is 26.6. The normalized spacial score (nSPS) is 14.3. The first-order valence-corrected chi connectivity index (χ1v) is 16.5. The zero-order valence-electron chi connectivity index (χ0n) is 26.6. The van der Waals surface area contributed by atoms with E-state index in [1.807, 2.05) is 48.5 Å². The molecule has 0 saturated carbocycles. The van der Waals surface area contributed by atoms with Crippen molar-refractivity contribution in [1.82, 2.24) is 5.32 Å². The van der Waals surface area contributed by atoms with Crippen LogP contribution < -0.4 is 5.32 Å². The molecule has 4 heteroatoms. The summed E-state index contributed by atoms with van der Waals surface area (Å²) in [5.41, 5.74) is 11.5. The average molecular weight is 630 g/mol. The summed E-state index contributed by atoms with van der Waals surface area (Å²) in [5, 5.41) is 5.73. The van der Waals surface area contributed by atoms with Crippen molar-refractivity contribution >= 4 is 33.6 Å². The third-order valence-electron chi connectivity index (χ3n) is 9.12. The maximum atomic E-state index is 6.53. The van der Waals surface area contributed by atoms with Gasteiger partial charge in [0.15, 0.2) is 5.84 Å². The molecule has 1 atom stereocenters. The highest BCUT2D eigenvalue weighted by Gasteiger charge is 2.23. The number of benzene rings is 7. The van der Waals surface area contributed by atoms with E-state index in [4.69, 9.17) is 14.4 Å². The molecule has 0 fully saturated rings. The molecule has 1 unspecified atom stereocenters. The van der Waals surface area contributed by atoms with Crippen molar-refractivity contribution in [2.45, 2.75) is 6.17 Å². The highest BCUT2D eigenvalue weighted by molar-refractivity contribution is 6.18. The summed E-state index contributed by atoms with van der Waals surface area (Å²) in [4.78, 5) is 10.3. The molecule has 7 aromatic carbocycles. The molecule has 49 heavy (non-hydrogen) atoms. The number of furan rings is 1. The Morgan fingerprint density at radius 3 is 1.76 bits per heavy atom. The Bertz CT molecular complexity index is 2510. The fourth-order valence-corrected chi connectivity index (χ4v) is 6.71. The van der Waals surface area contributed by atoms with E-state index in [9.17, 15) is 0 Å². The van der Waals surface area contributed by atoms with Gasteiger partial charge in [-0.05, 0) is 69.3 Å². The molecule has 0 amide bonds. The van der Waals surface area contributed by atoms with E-state index in [1.165, 1.54) is 11.1 Å². The lowest BCUT2D eigenvalue weighted by atomic mass is 9.93. The van der Waals surface area contributed by atoms with E-state index in [0.29, 0.717) is 5.84 Å². The molecule has 0 radical (unpaired) electrons. The Morgan fingerprint density at radius 2 is 1.02 bits per heavy atom. The highest BCUT2D eigenvalue weighted by Crippen LogP contribution is 2.40. The smallest absolute Gasteiger partial charge is 0.159 e. The number of aliphatic imine (C=N–C) groups is 2. The third kappa shape index (κ3) is 5.49. The van der Waals surface area contributed by atoms with Crippen molar-refractivity contribution in [2.75, 3.05) is 0 Å². The van der Waals surface area contributed by atoms with Crippen molar-refractivity contribution in [3.8, 4) is 33.4 Å². The number of nitrogens with zero attached hydrogens (tertiary/aromatic N) is 2. The Labute approximate surface area is 284 Å². The van der Waals surface area contributed by atoms with Gasteiger partial charge in [-0.15, -0.1) is 0 Å². The van der Waals surface area contributed by atoms with E-state index in [2.05, 4.69) is 133 Å². The minimum absolute atomic E-state index is 0.293. The minimum atomic E-state index is -0.293. The van der Waals surface area contributed by atoms with Gasteiger partial charge in [-0.3, -0.25) is 0 Å². The monoisotopic (exact) mass is 629 g/mol. The van der Waals surface area contributed by atoms with Crippen molar-refractivity contribution in [1.29, 1.82) is 0 Å². The topological polar surface area (TPSA) is 49.9 Å². The molecule has 0 aliphatic carbocycles. The van der Waals surface area contributed by atoms with E-state index in [-0.39, 0.29) is 6.17 Å². The van der Waals surface area contributed by atoms with E-state index in [1.54, 1.807) is 0 Å². The fourth-order valence-electron chi connectivity index (χ4n) is 6.71. The third-order valence-corrected chi connectivity index (χ3v) is 9.12. The predicted molar refractivity (Wildman–Crippen MR) is 202 cm³/mol. The first-order valence-electron chi connectivity index (χ1n) is 16.5.